The lowest BCUT2D eigenvalue weighted by molar-refractivity contribution is 0.000728. The highest BCUT2D eigenvalue weighted by atomic mass is 32.2. The van der Waals surface area contributed by atoms with Gasteiger partial charge in [0.1, 0.15) is 9.84 Å². The van der Waals surface area contributed by atoms with Gasteiger partial charge in [0.25, 0.3) is 0 Å². The van der Waals surface area contributed by atoms with Crippen LogP contribution in [-0.2, 0) is 14.6 Å². The van der Waals surface area contributed by atoms with Gasteiger partial charge in [-0.25, -0.2) is 8.42 Å². The molecule has 5 nitrogen and oxygen atoms in total. The van der Waals surface area contributed by atoms with Crippen molar-refractivity contribution in [1.29, 1.82) is 0 Å². The SMILES string of the molecule is CC(O)(CCCS(C)(=O)=O)CC1COCCN1. The van der Waals surface area contributed by atoms with E-state index in [9.17, 15) is 13.5 Å². The number of hydrogen-bond donors (Lipinski definition) is 2. The summed E-state index contributed by atoms with van der Waals surface area (Å²) in [5.74, 6) is 0.137. The van der Waals surface area contributed by atoms with Gasteiger partial charge >= 0.3 is 0 Å². The van der Waals surface area contributed by atoms with Crippen molar-refractivity contribution in [3.63, 3.8) is 0 Å². The smallest absolute Gasteiger partial charge is 0.147 e. The molecule has 0 amide bonds. The van der Waals surface area contributed by atoms with Gasteiger partial charge in [0, 0.05) is 24.6 Å². The van der Waals surface area contributed by atoms with Gasteiger partial charge in [-0.05, 0) is 26.2 Å². The summed E-state index contributed by atoms with van der Waals surface area (Å²) in [6.07, 6.45) is 2.81. The van der Waals surface area contributed by atoms with Crippen molar-refractivity contribution in [2.75, 3.05) is 31.8 Å². The number of nitrogens with one attached hydrogen (secondary N) is 1. The van der Waals surface area contributed by atoms with Crippen LogP contribution >= 0.6 is 0 Å². The second-order valence-electron chi connectivity index (χ2n) is 5.16. The van der Waals surface area contributed by atoms with E-state index >= 15 is 0 Å². The Bertz CT molecular complexity index is 320. The normalized spacial score (nSPS) is 25.5. The predicted octanol–water partition coefficient (Wildman–Crippen LogP) is -0.0593. The maximum atomic E-state index is 11.0. The molecule has 2 atom stereocenters. The first-order valence-electron chi connectivity index (χ1n) is 6.00. The molecule has 0 aromatic rings. The fourth-order valence-electron chi connectivity index (χ4n) is 2.10. The first-order valence-corrected chi connectivity index (χ1v) is 8.06. The molecule has 0 radical (unpaired) electrons. The third kappa shape index (κ3) is 6.98. The molecule has 0 aromatic heterocycles. The summed E-state index contributed by atoms with van der Waals surface area (Å²) < 4.78 is 27.3. The number of aliphatic hydroxyl groups is 1. The molecule has 1 saturated heterocycles. The molecule has 0 saturated carbocycles. The molecule has 0 aliphatic carbocycles. The summed E-state index contributed by atoms with van der Waals surface area (Å²) in [5, 5.41) is 13.5. The zero-order valence-electron chi connectivity index (χ0n) is 10.6. The van der Waals surface area contributed by atoms with Crippen LogP contribution in [0, 0.1) is 0 Å². The Morgan fingerprint density at radius 3 is 2.76 bits per heavy atom. The minimum atomic E-state index is -2.93. The van der Waals surface area contributed by atoms with Gasteiger partial charge in [-0.15, -0.1) is 0 Å². The van der Waals surface area contributed by atoms with E-state index < -0.39 is 15.4 Å². The molecule has 1 aliphatic rings. The fourth-order valence-corrected chi connectivity index (χ4v) is 2.77. The lowest BCUT2D eigenvalue weighted by Crippen LogP contribution is -2.46. The topological polar surface area (TPSA) is 75.6 Å². The van der Waals surface area contributed by atoms with E-state index in [1.54, 1.807) is 6.92 Å². The Kier molecular flexibility index (Phi) is 5.37. The number of ether oxygens (including phenoxy) is 1. The Hall–Kier alpha value is -0.170. The van der Waals surface area contributed by atoms with Gasteiger partial charge in [0.2, 0.25) is 0 Å². The zero-order chi connectivity index (χ0) is 12.9. The van der Waals surface area contributed by atoms with Crippen LogP contribution in [0.4, 0.5) is 0 Å². The summed E-state index contributed by atoms with van der Waals surface area (Å²) in [7, 11) is -2.93. The van der Waals surface area contributed by atoms with Crippen molar-refractivity contribution in [3.05, 3.63) is 0 Å². The van der Waals surface area contributed by atoms with E-state index in [1.807, 2.05) is 0 Å². The standard InChI is InChI=1S/C11H23NO4S/c1-11(13,4-3-7-17(2,14)15)8-10-9-16-6-5-12-10/h10,12-13H,3-9H2,1-2H3. The molecule has 102 valence electrons. The van der Waals surface area contributed by atoms with Gasteiger partial charge in [-0.2, -0.15) is 0 Å². The highest BCUT2D eigenvalue weighted by Crippen LogP contribution is 2.20. The molecular formula is C11H23NO4S. The third-order valence-corrected chi connectivity index (χ3v) is 3.95. The fraction of sp³-hybridized carbons (Fsp3) is 1.00. The average molecular weight is 265 g/mol. The lowest BCUT2D eigenvalue weighted by Gasteiger charge is -2.31. The first-order chi connectivity index (χ1) is 7.79. The molecule has 1 rings (SSSR count). The number of sulfone groups is 1. The molecule has 2 N–H and O–H groups in total. The van der Waals surface area contributed by atoms with Crippen LogP contribution in [0.1, 0.15) is 26.2 Å². The van der Waals surface area contributed by atoms with E-state index in [-0.39, 0.29) is 11.8 Å². The van der Waals surface area contributed by atoms with E-state index in [4.69, 9.17) is 4.74 Å². The molecule has 1 fully saturated rings. The third-order valence-electron chi connectivity index (χ3n) is 2.92. The maximum Gasteiger partial charge on any atom is 0.147 e. The molecular weight excluding hydrogens is 242 g/mol. The number of rotatable bonds is 6. The van der Waals surface area contributed by atoms with Crippen LogP contribution in [-0.4, -0.2) is 56.9 Å². The molecule has 0 spiro atoms. The summed E-state index contributed by atoms with van der Waals surface area (Å²) in [6.45, 7) is 3.89. The largest absolute Gasteiger partial charge is 0.390 e. The van der Waals surface area contributed by atoms with Crippen molar-refractivity contribution in [3.8, 4) is 0 Å². The molecule has 2 unspecified atom stereocenters. The van der Waals surface area contributed by atoms with Gasteiger partial charge in [-0.3, -0.25) is 0 Å². The molecule has 0 aromatic carbocycles. The second kappa shape index (κ2) is 6.13. The Balaban J connectivity index is 2.29. The predicted molar refractivity (Wildman–Crippen MR) is 66.8 cm³/mol. The van der Waals surface area contributed by atoms with Crippen LogP contribution in [0.2, 0.25) is 0 Å². The van der Waals surface area contributed by atoms with Crippen LogP contribution in [0.25, 0.3) is 0 Å². The maximum absolute atomic E-state index is 11.0. The Morgan fingerprint density at radius 1 is 1.53 bits per heavy atom. The van der Waals surface area contributed by atoms with Crippen molar-refractivity contribution < 1.29 is 18.3 Å². The number of morpholine rings is 1. The van der Waals surface area contributed by atoms with Crippen molar-refractivity contribution in [2.24, 2.45) is 0 Å². The zero-order valence-corrected chi connectivity index (χ0v) is 11.4. The van der Waals surface area contributed by atoms with Crippen LogP contribution < -0.4 is 5.32 Å². The van der Waals surface area contributed by atoms with Gasteiger partial charge < -0.3 is 15.2 Å². The van der Waals surface area contributed by atoms with Crippen molar-refractivity contribution in [2.45, 2.75) is 37.8 Å². The van der Waals surface area contributed by atoms with Gasteiger partial charge in [-0.1, -0.05) is 0 Å². The first kappa shape index (κ1) is 14.9. The summed E-state index contributed by atoms with van der Waals surface area (Å²) in [5.41, 5.74) is -0.830. The van der Waals surface area contributed by atoms with Crippen molar-refractivity contribution in [1.82, 2.24) is 5.32 Å². The van der Waals surface area contributed by atoms with E-state index in [1.165, 1.54) is 6.26 Å². The molecule has 1 aliphatic heterocycles. The summed E-state index contributed by atoms with van der Waals surface area (Å²) >= 11 is 0. The lowest BCUT2D eigenvalue weighted by atomic mass is 9.92. The Morgan fingerprint density at radius 2 is 2.24 bits per heavy atom. The summed E-state index contributed by atoms with van der Waals surface area (Å²) in [6, 6.07) is 0.164. The van der Waals surface area contributed by atoms with E-state index in [0.717, 1.165) is 6.54 Å². The monoisotopic (exact) mass is 265 g/mol. The summed E-state index contributed by atoms with van der Waals surface area (Å²) in [4.78, 5) is 0. The quantitative estimate of drug-likeness (QED) is 0.704. The van der Waals surface area contributed by atoms with Crippen LogP contribution in [0.3, 0.4) is 0 Å². The molecule has 17 heavy (non-hydrogen) atoms. The number of hydrogen-bond acceptors (Lipinski definition) is 5. The van der Waals surface area contributed by atoms with E-state index in [2.05, 4.69) is 5.32 Å². The minimum absolute atomic E-state index is 0.137. The molecule has 1 heterocycles. The van der Waals surface area contributed by atoms with E-state index in [0.29, 0.717) is 32.5 Å². The second-order valence-corrected chi connectivity index (χ2v) is 7.42. The molecule has 6 heteroatoms. The van der Waals surface area contributed by atoms with Gasteiger partial charge in [0.05, 0.1) is 18.8 Å². The average Bonchev–Trinajstić information content (AvgIpc) is 2.15. The molecule has 0 bridgehead atoms. The highest BCUT2D eigenvalue weighted by Gasteiger charge is 2.26. The van der Waals surface area contributed by atoms with Crippen molar-refractivity contribution >= 4 is 9.84 Å². The van der Waals surface area contributed by atoms with Crippen LogP contribution in [0.15, 0.2) is 0 Å². The highest BCUT2D eigenvalue weighted by molar-refractivity contribution is 7.90. The Labute approximate surface area is 103 Å². The van der Waals surface area contributed by atoms with Crippen LogP contribution in [0.5, 0.6) is 0 Å². The minimum Gasteiger partial charge on any atom is -0.390 e. The van der Waals surface area contributed by atoms with Gasteiger partial charge in [0.15, 0.2) is 0 Å².